The number of benzene rings is 2. The van der Waals surface area contributed by atoms with Gasteiger partial charge in [-0.3, -0.25) is 4.98 Å². The van der Waals surface area contributed by atoms with Crippen molar-refractivity contribution in [3.05, 3.63) is 85.3 Å². The van der Waals surface area contributed by atoms with Crippen molar-refractivity contribution in [3.63, 3.8) is 0 Å². The van der Waals surface area contributed by atoms with Gasteiger partial charge in [-0.2, -0.15) is 0 Å². The molecule has 0 saturated carbocycles. The van der Waals surface area contributed by atoms with E-state index in [4.69, 9.17) is 20.4 Å². The monoisotopic (exact) mass is 453 g/mol. The number of aromatic nitrogens is 3. The van der Waals surface area contributed by atoms with Crippen LogP contribution in [0.2, 0.25) is 0 Å². The van der Waals surface area contributed by atoms with Crippen molar-refractivity contribution in [2.24, 2.45) is 5.73 Å². The third kappa shape index (κ3) is 5.41. The SMILES string of the molecule is C=C(/C=C\N)c1cccc(-c2cc(OC)c3nc(-c4cccnc4)nc(NC)c3c2)c1.CCC. The first kappa shape index (κ1) is 24.5. The van der Waals surface area contributed by atoms with Crippen molar-refractivity contribution >= 4 is 22.3 Å². The molecule has 0 radical (unpaired) electrons. The summed E-state index contributed by atoms with van der Waals surface area (Å²) in [4.78, 5) is 13.7. The summed E-state index contributed by atoms with van der Waals surface area (Å²) in [6.45, 7) is 8.32. The van der Waals surface area contributed by atoms with E-state index in [1.807, 2.05) is 43.4 Å². The largest absolute Gasteiger partial charge is 0.494 e. The second-order valence-electron chi connectivity index (χ2n) is 7.63. The molecule has 174 valence electrons. The summed E-state index contributed by atoms with van der Waals surface area (Å²) in [7, 11) is 3.49. The van der Waals surface area contributed by atoms with Crippen LogP contribution in [0.5, 0.6) is 5.75 Å². The van der Waals surface area contributed by atoms with Gasteiger partial charge in [-0.15, -0.1) is 0 Å². The highest BCUT2D eigenvalue weighted by molar-refractivity contribution is 5.98. The fourth-order valence-corrected chi connectivity index (χ4v) is 3.45. The second kappa shape index (κ2) is 11.6. The Morgan fingerprint density at radius 2 is 1.82 bits per heavy atom. The van der Waals surface area contributed by atoms with E-state index in [0.29, 0.717) is 11.6 Å². The number of methoxy groups -OCH3 is 1. The predicted octanol–water partition coefficient (Wildman–Crippen LogP) is 6.31. The van der Waals surface area contributed by atoms with Crippen molar-refractivity contribution in [1.82, 2.24) is 15.0 Å². The van der Waals surface area contributed by atoms with Gasteiger partial charge in [-0.1, -0.05) is 45.0 Å². The topological polar surface area (TPSA) is 86.0 Å². The molecular formula is C28H31N5O. The molecule has 6 nitrogen and oxygen atoms in total. The molecule has 0 amide bonds. The summed E-state index contributed by atoms with van der Waals surface area (Å²) in [5.41, 5.74) is 11.0. The van der Waals surface area contributed by atoms with E-state index in [0.717, 1.165) is 44.5 Å². The minimum Gasteiger partial charge on any atom is -0.494 e. The average Bonchev–Trinajstić information content (AvgIpc) is 2.88. The van der Waals surface area contributed by atoms with E-state index in [1.54, 1.807) is 25.6 Å². The number of hydrogen-bond donors (Lipinski definition) is 2. The van der Waals surface area contributed by atoms with E-state index in [1.165, 1.54) is 12.6 Å². The molecule has 0 saturated heterocycles. The lowest BCUT2D eigenvalue weighted by molar-refractivity contribution is 0.419. The maximum absolute atomic E-state index is 5.72. The number of nitrogens with zero attached hydrogens (tertiary/aromatic N) is 3. The van der Waals surface area contributed by atoms with Gasteiger partial charge in [0, 0.05) is 30.4 Å². The van der Waals surface area contributed by atoms with Crippen LogP contribution < -0.4 is 15.8 Å². The predicted molar refractivity (Wildman–Crippen MR) is 143 cm³/mol. The van der Waals surface area contributed by atoms with Gasteiger partial charge in [0.1, 0.15) is 17.1 Å². The summed E-state index contributed by atoms with van der Waals surface area (Å²) in [5.74, 6) is 1.97. The molecule has 0 spiro atoms. The Morgan fingerprint density at radius 3 is 2.47 bits per heavy atom. The van der Waals surface area contributed by atoms with Crippen molar-refractivity contribution < 1.29 is 4.74 Å². The second-order valence-corrected chi connectivity index (χ2v) is 7.63. The van der Waals surface area contributed by atoms with Gasteiger partial charge in [-0.25, -0.2) is 9.97 Å². The molecule has 0 fully saturated rings. The molecule has 0 aliphatic heterocycles. The first-order chi connectivity index (χ1) is 16.6. The summed E-state index contributed by atoms with van der Waals surface area (Å²) in [6, 6.07) is 16.0. The zero-order valence-corrected chi connectivity index (χ0v) is 20.2. The van der Waals surface area contributed by atoms with E-state index in [2.05, 4.69) is 42.9 Å². The van der Waals surface area contributed by atoms with Gasteiger partial charge in [0.2, 0.25) is 0 Å². The number of rotatable bonds is 6. The minimum absolute atomic E-state index is 0.586. The molecule has 4 aromatic rings. The van der Waals surface area contributed by atoms with Crippen LogP contribution in [0.1, 0.15) is 25.8 Å². The summed E-state index contributed by atoms with van der Waals surface area (Å²) < 4.78 is 5.72. The number of allylic oxidation sites excluding steroid dienone is 2. The maximum atomic E-state index is 5.72. The van der Waals surface area contributed by atoms with Crippen LogP contribution in [0.25, 0.3) is 39.0 Å². The van der Waals surface area contributed by atoms with Crippen LogP contribution in [0.3, 0.4) is 0 Å². The third-order valence-corrected chi connectivity index (χ3v) is 5.01. The molecule has 6 heteroatoms. The standard InChI is InChI=1S/C25H23N5O.C3H8/c1-16(9-10-26)17-6-4-7-18(12-17)20-13-21-23(22(14-20)31-3)29-24(30-25(21)27-2)19-8-5-11-28-15-19;1-3-2/h4-15H,1,26H2,2-3H3,(H,27,29,30);3H2,1-2H3/b10-9-;. The van der Waals surface area contributed by atoms with Crippen LogP contribution in [0.4, 0.5) is 5.82 Å². The summed E-state index contributed by atoms with van der Waals surface area (Å²) >= 11 is 0. The van der Waals surface area contributed by atoms with Crippen LogP contribution in [-0.2, 0) is 0 Å². The van der Waals surface area contributed by atoms with Crippen LogP contribution >= 0.6 is 0 Å². The fourth-order valence-electron chi connectivity index (χ4n) is 3.45. The zero-order chi connectivity index (χ0) is 24.5. The zero-order valence-electron chi connectivity index (χ0n) is 20.2. The number of anilines is 1. The van der Waals surface area contributed by atoms with Gasteiger partial charge in [0.25, 0.3) is 0 Å². The number of pyridine rings is 1. The molecule has 0 aliphatic rings. The molecule has 0 unspecified atom stereocenters. The Morgan fingerprint density at radius 1 is 1.06 bits per heavy atom. The third-order valence-electron chi connectivity index (χ3n) is 5.01. The molecule has 4 rings (SSSR count). The molecule has 0 bridgehead atoms. The van der Waals surface area contributed by atoms with Crippen molar-refractivity contribution in [2.75, 3.05) is 19.5 Å². The quantitative estimate of drug-likeness (QED) is 0.333. The lowest BCUT2D eigenvalue weighted by atomic mass is 9.98. The molecule has 3 N–H and O–H groups in total. The van der Waals surface area contributed by atoms with E-state index in [9.17, 15) is 0 Å². The Bertz CT molecular complexity index is 1300. The molecule has 34 heavy (non-hydrogen) atoms. The average molecular weight is 454 g/mol. The molecule has 2 aromatic heterocycles. The normalized spacial score (nSPS) is 10.6. The lowest BCUT2D eigenvalue weighted by Gasteiger charge is -2.14. The molecular weight excluding hydrogens is 422 g/mol. The highest BCUT2D eigenvalue weighted by Crippen LogP contribution is 2.36. The van der Waals surface area contributed by atoms with Gasteiger partial charge in [0.15, 0.2) is 5.82 Å². The highest BCUT2D eigenvalue weighted by Gasteiger charge is 2.15. The van der Waals surface area contributed by atoms with Gasteiger partial charge < -0.3 is 15.8 Å². The molecule has 2 aromatic carbocycles. The molecule has 0 aliphatic carbocycles. The van der Waals surface area contributed by atoms with E-state index >= 15 is 0 Å². The first-order valence-corrected chi connectivity index (χ1v) is 11.2. The number of ether oxygens (including phenoxy) is 1. The van der Waals surface area contributed by atoms with Crippen molar-refractivity contribution in [1.29, 1.82) is 0 Å². The van der Waals surface area contributed by atoms with Gasteiger partial charge >= 0.3 is 0 Å². The number of hydrogen-bond acceptors (Lipinski definition) is 6. The minimum atomic E-state index is 0.586. The Labute approximate surface area is 201 Å². The van der Waals surface area contributed by atoms with Crippen molar-refractivity contribution in [3.8, 4) is 28.3 Å². The molecule has 2 heterocycles. The highest BCUT2D eigenvalue weighted by atomic mass is 16.5. The molecule has 0 atom stereocenters. The Balaban J connectivity index is 0.00000103. The Kier molecular flexibility index (Phi) is 8.35. The van der Waals surface area contributed by atoms with Crippen LogP contribution in [-0.4, -0.2) is 29.1 Å². The fraction of sp³-hybridized carbons (Fsp3) is 0.179. The van der Waals surface area contributed by atoms with Crippen molar-refractivity contribution in [2.45, 2.75) is 20.3 Å². The van der Waals surface area contributed by atoms with E-state index < -0.39 is 0 Å². The number of nitrogens with one attached hydrogen (secondary N) is 1. The first-order valence-electron chi connectivity index (χ1n) is 11.2. The lowest BCUT2D eigenvalue weighted by Crippen LogP contribution is -2.01. The number of nitrogens with two attached hydrogens (primary N) is 1. The maximum Gasteiger partial charge on any atom is 0.163 e. The smallest absolute Gasteiger partial charge is 0.163 e. The summed E-state index contributed by atoms with van der Waals surface area (Å²) in [6.07, 6.45) is 8.00. The Hall–Kier alpha value is -4.19. The van der Waals surface area contributed by atoms with E-state index in [-0.39, 0.29) is 0 Å². The number of fused-ring (bicyclic) bond motifs is 1. The van der Waals surface area contributed by atoms with Crippen LogP contribution in [0.15, 0.2) is 79.8 Å². The van der Waals surface area contributed by atoms with Gasteiger partial charge in [-0.05, 0) is 64.9 Å². The van der Waals surface area contributed by atoms with Crippen LogP contribution in [0, 0.1) is 0 Å². The summed E-state index contributed by atoms with van der Waals surface area (Å²) in [5, 5.41) is 4.06. The van der Waals surface area contributed by atoms with Gasteiger partial charge in [0.05, 0.1) is 7.11 Å².